The predicted molar refractivity (Wildman–Crippen MR) is 109 cm³/mol. The van der Waals surface area contributed by atoms with Crippen LogP contribution >= 0.6 is 0 Å². The molecular weight excluding hydrogens is 420 g/mol. The summed E-state index contributed by atoms with van der Waals surface area (Å²) >= 11 is 0. The Kier molecular flexibility index (Phi) is 7.06. The van der Waals surface area contributed by atoms with Gasteiger partial charge in [0.25, 0.3) is 11.8 Å². The van der Waals surface area contributed by atoms with Crippen molar-refractivity contribution < 1.29 is 37.5 Å². The van der Waals surface area contributed by atoms with Crippen molar-refractivity contribution in [3.05, 3.63) is 83.2 Å². The number of esters is 2. The third-order valence-corrected chi connectivity index (χ3v) is 4.41. The molecular formula is C22H20N2O8. The molecule has 0 bridgehead atoms. The molecule has 10 heteroatoms. The largest absolute Gasteiger partial charge is 0.463 e. The van der Waals surface area contributed by atoms with Crippen LogP contribution in [-0.4, -0.2) is 44.5 Å². The lowest BCUT2D eigenvalue weighted by molar-refractivity contribution is 0.0553. The average Bonchev–Trinajstić information content (AvgIpc) is 3.51. The first kappa shape index (κ1) is 22.3. The van der Waals surface area contributed by atoms with E-state index < -0.39 is 29.8 Å². The van der Waals surface area contributed by atoms with Crippen molar-refractivity contribution in [3.8, 4) is 0 Å². The van der Waals surface area contributed by atoms with Gasteiger partial charge in [-0.15, -0.1) is 0 Å². The zero-order valence-corrected chi connectivity index (χ0v) is 17.2. The van der Waals surface area contributed by atoms with Gasteiger partial charge in [-0.3, -0.25) is 9.59 Å². The molecule has 10 nitrogen and oxygen atoms in total. The second-order valence-corrected chi connectivity index (χ2v) is 6.46. The Hall–Kier alpha value is -4.34. The summed E-state index contributed by atoms with van der Waals surface area (Å²) in [6.07, 6.45) is 0. The molecule has 2 aromatic heterocycles. The molecule has 0 radical (unpaired) electrons. The second-order valence-electron chi connectivity index (χ2n) is 6.46. The molecule has 32 heavy (non-hydrogen) atoms. The topological polar surface area (TPSA) is 137 Å². The molecule has 1 aromatic carbocycles. The fourth-order valence-corrected chi connectivity index (χ4v) is 2.79. The molecule has 3 aromatic rings. The van der Waals surface area contributed by atoms with Crippen LogP contribution in [0.1, 0.15) is 53.8 Å². The van der Waals surface area contributed by atoms with Crippen LogP contribution in [0.4, 0.5) is 0 Å². The standard InChI is InChI=1S/C22H20N2O8/c1-29-21(27)17-10-8-15(31-17)19(25)23-12-14(13-6-4-3-5-7-13)24-20(26)16-9-11-18(32-16)22(28)30-2/h3-11,14H,12H2,1-2H3,(H,23,25)(H,24,26)/t14-/m1/s1. The number of rotatable bonds is 8. The highest BCUT2D eigenvalue weighted by Crippen LogP contribution is 2.16. The maximum absolute atomic E-state index is 12.6. The number of ether oxygens (including phenoxy) is 2. The van der Waals surface area contributed by atoms with Crippen molar-refractivity contribution in [2.24, 2.45) is 0 Å². The van der Waals surface area contributed by atoms with E-state index in [2.05, 4.69) is 20.1 Å². The Morgan fingerprint density at radius 1 is 0.750 bits per heavy atom. The summed E-state index contributed by atoms with van der Waals surface area (Å²) in [6, 6.07) is 13.7. The van der Waals surface area contributed by atoms with Gasteiger partial charge in [0.2, 0.25) is 11.5 Å². The van der Waals surface area contributed by atoms with Crippen LogP contribution in [0.5, 0.6) is 0 Å². The maximum atomic E-state index is 12.6. The summed E-state index contributed by atoms with van der Waals surface area (Å²) in [5.74, 6) is -2.98. The molecule has 0 aliphatic heterocycles. The summed E-state index contributed by atoms with van der Waals surface area (Å²) in [5, 5.41) is 5.41. The van der Waals surface area contributed by atoms with E-state index in [1.807, 2.05) is 6.07 Å². The Morgan fingerprint density at radius 2 is 1.25 bits per heavy atom. The first-order chi connectivity index (χ1) is 15.4. The van der Waals surface area contributed by atoms with Crippen molar-refractivity contribution in [2.75, 3.05) is 20.8 Å². The number of benzene rings is 1. The number of hydrogen-bond donors (Lipinski definition) is 2. The van der Waals surface area contributed by atoms with E-state index >= 15 is 0 Å². The summed E-state index contributed by atoms with van der Waals surface area (Å²) in [6.45, 7) is 0.00735. The monoisotopic (exact) mass is 440 g/mol. The van der Waals surface area contributed by atoms with E-state index in [0.717, 1.165) is 5.56 Å². The van der Waals surface area contributed by atoms with E-state index in [9.17, 15) is 19.2 Å². The van der Waals surface area contributed by atoms with Gasteiger partial charge in [-0.25, -0.2) is 9.59 Å². The van der Waals surface area contributed by atoms with Crippen LogP contribution in [0.2, 0.25) is 0 Å². The Bertz CT molecular complexity index is 1120. The second kappa shape index (κ2) is 10.1. The third-order valence-electron chi connectivity index (χ3n) is 4.41. The molecule has 2 heterocycles. The lowest BCUT2D eigenvalue weighted by Gasteiger charge is -2.19. The molecule has 0 saturated carbocycles. The van der Waals surface area contributed by atoms with Gasteiger partial charge in [0.15, 0.2) is 11.5 Å². The van der Waals surface area contributed by atoms with Gasteiger partial charge < -0.3 is 28.9 Å². The van der Waals surface area contributed by atoms with Gasteiger partial charge in [-0.05, 0) is 29.8 Å². The van der Waals surface area contributed by atoms with Gasteiger partial charge >= 0.3 is 11.9 Å². The van der Waals surface area contributed by atoms with Crippen LogP contribution in [0, 0.1) is 0 Å². The first-order valence-electron chi connectivity index (χ1n) is 9.43. The van der Waals surface area contributed by atoms with Crippen molar-refractivity contribution in [3.63, 3.8) is 0 Å². The molecule has 0 fully saturated rings. The fourth-order valence-electron chi connectivity index (χ4n) is 2.79. The Balaban J connectivity index is 1.71. The van der Waals surface area contributed by atoms with Crippen LogP contribution in [0.3, 0.4) is 0 Å². The molecule has 0 saturated heterocycles. The average molecular weight is 440 g/mol. The number of amides is 2. The minimum atomic E-state index is -0.708. The SMILES string of the molecule is COC(=O)c1ccc(C(=O)NC[C@@H](NC(=O)c2ccc(C(=O)OC)o2)c2ccccc2)o1. The minimum Gasteiger partial charge on any atom is -0.463 e. The number of methoxy groups -OCH3 is 2. The van der Waals surface area contributed by atoms with Crippen molar-refractivity contribution in [1.29, 1.82) is 0 Å². The number of furan rings is 2. The van der Waals surface area contributed by atoms with Crippen LogP contribution in [0.15, 0.2) is 63.4 Å². The smallest absolute Gasteiger partial charge is 0.373 e. The third kappa shape index (κ3) is 5.22. The van der Waals surface area contributed by atoms with Crippen LogP contribution < -0.4 is 10.6 Å². The van der Waals surface area contributed by atoms with Gasteiger partial charge in [0.1, 0.15) is 0 Å². The van der Waals surface area contributed by atoms with Crippen LogP contribution in [0.25, 0.3) is 0 Å². The number of carbonyl (C=O) groups is 4. The number of hydrogen-bond acceptors (Lipinski definition) is 8. The normalized spacial score (nSPS) is 11.3. The summed E-state index contributed by atoms with van der Waals surface area (Å²) in [5.41, 5.74) is 0.718. The van der Waals surface area contributed by atoms with Gasteiger partial charge in [-0.1, -0.05) is 30.3 Å². The van der Waals surface area contributed by atoms with Crippen molar-refractivity contribution in [2.45, 2.75) is 6.04 Å². The quantitative estimate of drug-likeness (QED) is 0.509. The number of carbonyl (C=O) groups excluding carboxylic acids is 4. The van der Waals surface area contributed by atoms with Gasteiger partial charge in [-0.2, -0.15) is 0 Å². The molecule has 0 spiro atoms. The van der Waals surface area contributed by atoms with Gasteiger partial charge in [0.05, 0.1) is 20.3 Å². The summed E-state index contributed by atoms with van der Waals surface area (Å²) < 4.78 is 19.5. The predicted octanol–water partition coefficient (Wildman–Crippen LogP) is 2.35. The molecule has 3 rings (SSSR count). The van der Waals surface area contributed by atoms with Crippen molar-refractivity contribution >= 4 is 23.8 Å². The summed E-state index contributed by atoms with van der Waals surface area (Å²) in [4.78, 5) is 48.1. The lowest BCUT2D eigenvalue weighted by atomic mass is 10.1. The molecule has 0 aliphatic rings. The number of nitrogens with one attached hydrogen (secondary N) is 2. The molecule has 2 amide bonds. The highest BCUT2D eigenvalue weighted by molar-refractivity contribution is 5.95. The lowest BCUT2D eigenvalue weighted by Crippen LogP contribution is -2.37. The Morgan fingerprint density at radius 3 is 1.78 bits per heavy atom. The zero-order chi connectivity index (χ0) is 23.1. The van der Waals surface area contributed by atoms with Crippen molar-refractivity contribution in [1.82, 2.24) is 10.6 Å². The molecule has 0 unspecified atom stereocenters. The minimum absolute atomic E-state index is 0.00735. The maximum Gasteiger partial charge on any atom is 0.373 e. The van der Waals surface area contributed by atoms with E-state index in [-0.39, 0.29) is 29.6 Å². The Labute approximate surface area is 182 Å². The zero-order valence-electron chi connectivity index (χ0n) is 17.2. The van der Waals surface area contributed by atoms with E-state index in [4.69, 9.17) is 8.83 Å². The first-order valence-corrected chi connectivity index (χ1v) is 9.43. The highest BCUT2D eigenvalue weighted by atomic mass is 16.5. The van der Waals surface area contributed by atoms with E-state index in [1.54, 1.807) is 24.3 Å². The molecule has 166 valence electrons. The molecule has 2 N–H and O–H groups in total. The highest BCUT2D eigenvalue weighted by Gasteiger charge is 2.22. The molecule has 1 atom stereocenters. The van der Waals surface area contributed by atoms with Crippen LogP contribution in [-0.2, 0) is 9.47 Å². The van der Waals surface area contributed by atoms with E-state index in [0.29, 0.717) is 0 Å². The van der Waals surface area contributed by atoms with E-state index in [1.165, 1.54) is 38.5 Å². The molecule has 0 aliphatic carbocycles. The van der Waals surface area contributed by atoms with Gasteiger partial charge in [0, 0.05) is 6.54 Å². The summed E-state index contributed by atoms with van der Waals surface area (Å²) in [7, 11) is 2.40. The fraction of sp³-hybridized carbons (Fsp3) is 0.182.